The van der Waals surface area contributed by atoms with Crippen molar-refractivity contribution in [2.24, 2.45) is 0 Å². The molecule has 0 saturated heterocycles. The van der Waals surface area contributed by atoms with E-state index < -0.39 is 0 Å². The fourth-order valence-electron chi connectivity index (χ4n) is 1.07. The monoisotopic (exact) mass is 165 g/mol. The maximum Gasteiger partial charge on any atom is 0.121 e. The summed E-state index contributed by atoms with van der Waals surface area (Å²) in [5.41, 5.74) is 1.11. The van der Waals surface area contributed by atoms with Crippen LogP contribution in [0.2, 0.25) is 0 Å². The number of hydrogen-bond donors (Lipinski definition) is 1. The Bertz CT molecular complexity index is 214. The van der Waals surface area contributed by atoms with Gasteiger partial charge in [-0.15, -0.1) is 0 Å². The topological polar surface area (TPSA) is 21.3 Å². The highest BCUT2D eigenvalue weighted by Gasteiger charge is 1.93. The van der Waals surface area contributed by atoms with Crippen molar-refractivity contribution >= 4 is 5.69 Å². The van der Waals surface area contributed by atoms with Crippen LogP contribution in [0.3, 0.4) is 0 Å². The zero-order valence-electron chi connectivity index (χ0n) is 7.63. The number of anilines is 1. The minimum Gasteiger partial charge on any atom is -0.494 e. The van der Waals surface area contributed by atoms with Crippen LogP contribution in [-0.4, -0.2) is 13.2 Å². The lowest BCUT2D eigenvalue weighted by Crippen LogP contribution is -1.97. The first-order valence-corrected chi connectivity index (χ1v) is 4.33. The van der Waals surface area contributed by atoms with E-state index in [1.807, 2.05) is 31.2 Å². The van der Waals surface area contributed by atoms with Crippen molar-refractivity contribution in [1.29, 1.82) is 0 Å². The highest BCUT2D eigenvalue weighted by Crippen LogP contribution is 2.16. The Morgan fingerprint density at radius 1 is 1.33 bits per heavy atom. The molecular formula is C10H15NO. The third kappa shape index (κ3) is 2.46. The highest BCUT2D eigenvalue weighted by molar-refractivity contribution is 5.47. The highest BCUT2D eigenvalue weighted by atomic mass is 16.5. The number of rotatable bonds is 4. The standard InChI is InChI=1S/C10H15NO/c1-3-11-9-6-5-7-10(8-9)12-4-2/h5-8,11H,3-4H2,1-2H3. The second-order valence-corrected chi connectivity index (χ2v) is 2.49. The Kier molecular flexibility index (Phi) is 3.45. The van der Waals surface area contributed by atoms with Gasteiger partial charge in [-0.3, -0.25) is 0 Å². The molecule has 0 radical (unpaired) electrons. The second kappa shape index (κ2) is 4.65. The largest absolute Gasteiger partial charge is 0.494 e. The SMILES string of the molecule is CCNc1cccc(OCC)c1. The molecule has 1 N–H and O–H groups in total. The van der Waals surface area contributed by atoms with E-state index in [2.05, 4.69) is 12.2 Å². The van der Waals surface area contributed by atoms with E-state index in [1.54, 1.807) is 0 Å². The lowest BCUT2D eigenvalue weighted by Gasteiger charge is -2.06. The van der Waals surface area contributed by atoms with Crippen LogP contribution in [0.4, 0.5) is 5.69 Å². The summed E-state index contributed by atoms with van der Waals surface area (Å²) in [6, 6.07) is 7.99. The van der Waals surface area contributed by atoms with Crippen LogP contribution in [0, 0.1) is 0 Å². The lowest BCUT2D eigenvalue weighted by molar-refractivity contribution is 0.340. The van der Waals surface area contributed by atoms with Crippen LogP contribution in [0.5, 0.6) is 5.75 Å². The van der Waals surface area contributed by atoms with Gasteiger partial charge in [-0.1, -0.05) is 6.07 Å². The summed E-state index contributed by atoms with van der Waals surface area (Å²) in [6.45, 7) is 5.72. The van der Waals surface area contributed by atoms with Crippen LogP contribution < -0.4 is 10.1 Å². The van der Waals surface area contributed by atoms with Crippen LogP contribution in [0.15, 0.2) is 24.3 Å². The minimum atomic E-state index is 0.718. The van der Waals surface area contributed by atoms with Crippen molar-refractivity contribution in [2.45, 2.75) is 13.8 Å². The molecule has 0 aromatic heterocycles. The first kappa shape index (κ1) is 8.91. The van der Waals surface area contributed by atoms with E-state index in [0.29, 0.717) is 0 Å². The molecule has 66 valence electrons. The Balaban J connectivity index is 2.67. The van der Waals surface area contributed by atoms with Gasteiger partial charge in [-0.2, -0.15) is 0 Å². The summed E-state index contributed by atoms with van der Waals surface area (Å²) in [4.78, 5) is 0. The molecule has 2 nitrogen and oxygen atoms in total. The number of benzene rings is 1. The molecule has 0 atom stereocenters. The van der Waals surface area contributed by atoms with Crippen LogP contribution in [-0.2, 0) is 0 Å². The van der Waals surface area contributed by atoms with E-state index >= 15 is 0 Å². The molecule has 1 rings (SSSR count). The van der Waals surface area contributed by atoms with Crippen molar-refractivity contribution in [3.63, 3.8) is 0 Å². The molecular weight excluding hydrogens is 150 g/mol. The molecule has 0 aliphatic carbocycles. The summed E-state index contributed by atoms with van der Waals surface area (Å²) in [5, 5.41) is 3.23. The third-order valence-corrected chi connectivity index (χ3v) is 1.53. The van der Waals surface area contributed by atoms with Crippen LogP contribution in [0.1, 0.15) is 13.8 Å². The van der Waals surface area contributed by atoms with Gasteiger partial charge in [0, 0.05) is 18.3 Å². The molecule has 2 heteroatoms. The molecule has 0 bridgehead atoms. The van der Waals surface area contributed by atoms with Crippen molar-refractivity contribution in [1.82, 2.24) is 0 Å². The first-order valence-electron chi connectivity index (χ1n) is 4.33. The Hall–Kier alpha value is -1.18. The van der Waals surface area contributed by atoms with Gasteiger partial charge in [-0.25, -0.2) is 0 Å². The second-order valence-electron chi connectivity index (χ2n) is 2.49. The average Bonchev–Trinajstić information content (AvgIpc) is 2.06. The third-order valence-electron chi connectivity index (χ3n) is 1.53. The zero-order valence-corrected chi connectivity index (χ0v) is 7.63. The van der Waals surface area contributed by atoms with Crippen LogP contribution in [0.25, 0.3) is 0 Å². The predicted octanol–water partition coefficient (Wildman–Crippen LogP) is 2.52. The number of nitrogens with one attached hydrogen (secondary N) is 1. The Morgan fingerprint density at radius 3 is 2.83 bits per heavy atom. The maximum absolute atomic E-state index is 5.35. The van der Waals surface area contributed by atoms with E-state index in [9.17, 15) is 0 Å². The average molecular weight is 165 g/mol. The quantitative estimate of drug-likeness (QED) is 0.740. The first-order chi connectivity index (χ1) is 5.86. The maximum atomic E-state index is 5.35. The molecule has 12 heavy (non-hydrogen) atoms. The lowest BCUT2D eigenvalue weighted by atomic mass is 10.3. The van der Waals surface area contributed by atoms with Gasteiger partial charge in [0.2, 0.25) is 0 Å². The van der Waals surface area contributed by atoms with Crippen molar-refractivity contribution in [2.75, 3.05) is 18.5 Å². The minimum absolute atomic E-state index is 0.718. The van der Waals surface area contributed by atoms with Crippen LogP contribution >= 0.6 is 0 Å². The summed E-state index contributed by atoms with van der Waals surface area (Å²) >= 11 is 0. The summed E-state index contributed by atoms with van der Waals surface area (Å²) in [6.07, 6.45) is 0. The molecule has 0 amide bonds. The van der Waals surface area contributed by atoms with Gasteiger partial charge in [0.25, 0.3) is 0 Å². The Labute approximate surface area is 73.6 Å². The van der Waals surface area contributed by atoms with E-state index in [-0.39, 0.29) is 0 Å². The predicted molar refractivity (Wildman–Crippen MR) is 51.8 cm³/mol. The fourth-order valence-corrected chi connectivity index (χ4v) is 1.07. The van der Waals surface area contributed by atoms with Crippen molar-refractivity contribution in [3.05, 3.63) is 24.3 Å². The normalized spacial score (nSPS) is 9.50. The zero-order chi connectivity index (χ0) is 8.81. The van der Waals surface area contributed by atoms with E-state index in [0.717, 1.165) is 24.6 Å². The number of ether oxygens (including phenoxy) is 1. The molecule has 0 fully saturated rings. The van der Waals surface area contributed by atoms with E-state index in [1.165, 1.54) is 0 Å². The molecule has 0 aliphatic heterocycles. The molecule has 0 heterocycles. The van der Waals surface area contributed by atoms with Gasteiger partial charge in [0.15, 0.2) is 0 Å². The Morgan fingerprint density at radius 2 is 2.17 bits per heavy atom. The molecule has 0 saturated carbocycles. The van der Waals surface area contributed by atoms with Gasteiger partial charge in [-0.05, 0) is 26.0 Å². The summed E-state index contributed by atoms with van der Waals surface area (Å²) in [5.74, 6) is 0.927. The molecule has 1 aromatic rings. The van der Waals surface area contributed by atoms with Gasteiger partial charge >= 0.3 is 0 Å². The van der Waals surface area contributed by atoms with Gasteiger partial charge < -0.3 is 10.1 Å². The van der Waals surface area contributed by atoms with Crippen molar-refractivity contribution < 1.29 is 4.74 Å². The summed E-state index contributed by atoms with van der Waals surface area (Å²) in [7, 11) is 0. The van der Waals surface area contributed by atoms with Gasteiger partial charge in [0.05, 0.1) is 6.61 Å². The van der Waals surface area contributed by atoms with Gasteiger partial charge in [0.1, 0.15) is 5.75 Å². The van der Waals surface area contributed by atoms with Crippen molar-refractivity contribution in [3.8, 4) is 5.75 Å². The van der Waals surface area contributed by atoms with E-state index in [4.69, 9.17) is 4.74 Å². The fraction of sp³-hybridized carbons (Fsp3) is 0.400. The summed E-state index contributed by atoms with van der Waals surface area (Å²) < 4.78 is 5.35. The molecule has 0 unspecified atom stereocenters. The molecule has 1 aromatic carbocycles. The molecule has 0 aliphatic rings. The smallest absolute Gasteiger partial charge is 0.121 e. The molecule has 0 spiro atoms. The number of hydrogen-bond acceptors (Lipinski definition) is 2.